The smallest absolute Gasteiger partial charge is 0.216 e. The predicted octanol–water partition coefficient (Wildman–Crippen LogP) is 4.54. The van der Waals surface area contributed by atoms with Crippen LogP contribution >= 0.6 is 0 Å². The van der Waals surface area contributed by atoms with Gasteiger partial charge >= 0.3 is 0 Å². The third kappa shape index (κ3) is 29.2. The molecule has 0 fully saturated rings. The lowest BCUT2D eigenvalue weighted by Gasteiger charge is -2.01. The van der Waals surface area contributed by atoms with Gasteiger partial charge in [-0.15, -0.1) is 0 Å². The normalized spacial score (nSPS) is 8.12. The number of hydrogen-bond acceptors (Lipinski definition) is 1. The maximum absolute atomic E-state index is 10.5. The summed E-state index contributed by atoms with van der Waals surface area (Å²) < 4.78 is 0. The monoisotopic (exact) mass is 231 g/mol. The molecule has 2 heteroatoms. The van der Waals surface area contributed by atoms with E-state index in [1.807, 2.05) is 27.7 Å². The summed E-state index contributed by atoms with van der Waals surface area (Å²) in [5.74, 6) is 0.0866. The molecule has 0 atom stereocenters. The molecule has 2 nitrogen and oxygen atoms in total. The van der Waals surface area contributed by atoms with Crippen molar-refractivity contribution < 1.29 is 4.79 Å². The van der Waals surface area contributed by atoms with Gasteiger partial charge in [-0.05, 0) is 6.42 Å². The van der Waals surface area contributed by atoms with Gasteiger partial charge in [0.2, 0.25) is 5.91 Å². The van der Waals surface area contributed by atoms with Gasteiger partial charge in [0.05, 0.1) is 0 Å². The fourth-order valence-corrected chi connectivity index (χ4v) is 1.17. The van der Waals surface area contributed by atoms with Crippen molar-refractivity contribution in [2.75, 3.05) is 6.54 Å². The second-order valence-corrected chi connectivity index (χ2v) is 3.25. The zero-order valence-corrected chi connectivity index (χ0v) is 12.4. The SMILES string of the molecule is CC.CC.CCCCCCCCNC(C)=O. The van der Waals surface area contributed by atoms with Crippen molar-refractivity contribution in [2.45, 2.75) is 80.1 Å². The molecular weight excluding hydrogens is 198 g/mol. The second-order valence-electron chi connectivity index (χ2n) is 3.25. The summed E-state index contributed by atoms with van der Waals surface area (Å²) in [7, 11) is 0. The van der Waals surface area contributed by atoms with Gasteiger partial charge in [0.25, 0.3) is 0 Å². The van der Waals surface area contributed by atoms with Gasteiger partial charge in [-0.3, -0.25) is 4.79 Å². The molecule has 0 aliphatic rings. The molecule has 1 amide bonds. The van der Waals surface area contributed by atoms with Gasteiger partial charge in [-0.2, -0.15) is 0 Å². The van der Waals surface area contributed by atoms with E-state index in [1.165, 1.54) is 32.1 Å². The molecule has 0 radical (unpaired) electrons. The molecule has 100 valence electrons. The lowest BCUT2D eigenvalue weighted by molar-refractivity contribution is -0.118. The first-order valence-corrected chi connectivity index (χ1v) is 7.01. The van der Waals surface area contributed by atoms with E-state index in [0.717, 1.165) is 13.0 Å². The van der Waals surface area contributed by atoms with Crippen molar-refractivity contribution >= 4 is 5.91 Å². The van der Waals surface area contributed by atoms with Gasteiger partial charge in [-0.25, -0.2) is 0 Å². The van der Waals surface area contributed by atoms with E-state index in [2.05, 4.69) is 12.2 Å². The molecule has 0 aliphatic carbocycles. The molecule has 0 unspecified atom stereocenters. The first kappa shape index (κ1) is 20.8. The maximum Gasteiger partial charge on any atom is 0.216 e. The zero-order chi connectivity index (χ0) is 13.2. The molecule has 16 heavy (non-hydrogen) atoms. The maximum atomic E-state index is 10.5. The Morgan fingerprint density at radius 3 is 1.75 bits per heavy atom. The Kier molecular flexibility index (Phi) is 31.2. The largest absolute Gasteiger partial charge is 0.356 e. The molecule has 1 N–H and O–H groups in total. The topological polar surface area (TPSA) is 29.1 Å². The summed E-state index contributed by atoms with van der Waals surface area (Å²) in [6, 6.07) is 0. The van der Waals surface area contributed by atoms with Gasteiger partial charge in [0, 0.05) is 13.5 Å². The highest BCUT2D eigenvalue weighted by Gasteiger charge is 1.91. The minimum absolute atomic E-state index is 0.0866. The Morgan fingerprint density at radius 1 is 0.875 bits per heavy atom. The highest BCUT2D eigenvalue weighted by atomic mass is 16.1. The van der Waals surface area contributed by atoms with Gasteiger partial charge in [0.1, 0.15) is 0 Å². The number of unbranched alkanes of at least 4 members (excludes halogenated alkanes) is 5. The van der Waals surface area contributed by atoms with Crippen LogP contribution in [0, 0.1) is 0 Å². The molecule has 0 saturated carbocycles. The fourth-order valence-electron chi connectivity index (χ4n) is 1.17. The third-order valence-corrected chi connectivity index (χ3v) is 1.90. The molecule has 0 aromatic carbocycles. The minimum Gasteiger partial charge on any atom is -0.356 e. The van der Waals surface area contributed by atoms with Crippen molar-refractivity contribution in [1.82, 2.24) is 5.32 Å². The van der Waals surface area contributed by atoms with Crippen molar-refractivity contribution in [1.29, 1.82) is 0 Å². The summed E-state index contributed by atoms with van der Waals surface area (Å²) in [4.78, 5) is 10.5. The molecular formula is C14H33NO. The van der Waals surface area contributed by atoms with Crippen LogP contribution in [0.4, 0.5) is 0 Å². The van der Waals surface area contributed by atoms with Crippen LogP contribution in [0.5, 0.6) is 0 Å². The standard InChI is InChI=1S/C10H21NO.2C2H6/c1-3-4-5-6-7-8-9-11-10(2)12;2*1-2/h3-9H2,1-2H3,(H,11,12);2*1-2H3. The van der Waals surface area contributed by atoms with E-state index < -0.39 is 0 Å². The molecule has 0 rings (SSSR count). The van der Waals surface area contributed by atoms with Crippen molar-refractivity contribution in [2.24, 2.45) is 0 Å². The van der Waals surface area contributed by atoms with Crippen LogP contribution in [0.25, 0.3) is 0 Å². The first-order valence-electron chi connectivity index (χ1n) is 7.01. The first-order chi connectivity index (χ1) is 7.77. The number of hydrogen-bond donors (Lipinski definition) is 1. The lowest BCUT2D eigenvalue weighted by atomic mass is 10.1. The van der Waals surface area contributed by atoms with Crippen molar-refractivity contribution in [3.05, 3.63) is 0 Å². The Morgan fingerprint density at radius 2 is 1.31 bits per heavy atom. The highest BCUT2D eigenvalue weighted by Crippen LogP contribution is 2.03. The highest BCUT2D eigenvalue weighted by molar-refractivity contribution is 5.72. The summed E-state index contributed by atoms with van der Waals surface area (Å²) in [6.07, 6.45) is 7.68. The van der Waals surface area contributed by atoms with Gasteiger partial charge in [-0.1, -0.05) is 66.7 Å². The van der Waals surface area contributed by atoms with E-state index in [-0.39, 0.29) is 5.91 Å². The summed E-state index contributed by atoms with van der Waals surface area (Å²) in [5.41, 5.74) is 0. The average Bonchev–Trinajstić information content (AvgIpc) is 2.33. The van der Waals surface area contributed by atoms with E-state index in [9.17, 15) is 4.79 Å². The molecule has 0 saturated heterocycles. The van der Waals surface area contributed by atoms with Crippen LogP contribution < -0.4 is 5.32 Å². The van der Waals surface area contributed by atoms with Crippen LogP contribution in [-0.2, 0) is 4.79 Å². The van der Waals surface area contributed by atoms with Gasteiger partial charge < -0.3 is 5.32 Å². The Labute approximate surface area is 103 Å². The minimum atomic E-state index is 0.0866. The third-order valence-electron chi connectivity index (χ3n) is 1.90. The molecule has 0 spiro atoms. The quantitative estimate of drug-likeness (QED) is 0.641. The number of amides is 1. The average molecular weight is 231 g/mol. The molecule has 0 bridgehead atoms. The lowest BCUT2D eigenvalue weighted by Crippen LogP contribution is -2.20. The van der Waals surface area contributed by atoms with Crippen molar-refractivity contribution in [3.63, 3.8) is 0 Å². The van der Waals surface area contributed by atoms with Crippen LogP contribution in [0.3, 0.4) is 0 Å². The summed E-state index contributed by atoms with van der Waals surface area (Å²) >= 11 is 0. The fraction of sp³-hybridized carbons (Fsp3) is 0.929. The molecule has 0 heterocycles. The Balaban J connectivity index is -0.000000376. The number of carbonyl (C=O) groups is 1. The van der Waals surface area contributed by atoms with E-state index in [1.54, 1.807) is 6.92 Å². The van der Waals surface area contributed by atoms with E-state index in [0.29, 0.717) is 0 Å². The van der Waals surface area contributed by atoms with Crippen LogP contribution in [-0.4, -0.2) is 12.5 Å². The predicted molar refractivity (Wildman–Crippen MR) is 74.8 cm³/mol. The van der Waals surface area contributed by atoms with Gasteiger partial charge in [0.15, 0.2) is 0 Å². The van der Waals surface area contributed by atoms with Crippen LogP contribution in [0.1, 0.15) is 80.1 Å². The summed E-state index contributed by atoms with van der Waals surface area (Å²) in [6.45, 7) is 12.6. The zero-order valence-electron chi connectivity index (χ0n) is 12.4. The van der Waals surface area contributed by atoms with E-state index >= 15 is 0 Å². The van der Waals surface area contributed by atoms with Crippen LogP contribution in [0.2, 0.25) is 0 Å². The summed E-state index contributed by atoms with van der Waals surface area (Å²) in [5, 5.41) is 2.80. The Hall–Kier alpha value is -0.530. The van der Waals surface area contributed by atoms with Crippen LogP contribution in [0.15, 0.2) is 0 Å². The molecule has 0 aliphatic heterocycles. The molecule has 0 aromatic heterocycles. The van der Waals surface area contributed by atoms with Crippen molar-refractivity contribution in [3.8, 4) is 0 Å². The van der Waals surface area contributed by atoms with E-state index in [4.69, 9.17) is 0 Å². The molecule has 0 aromatic rings. The second kappa shape index (κ2) is 24.0. The number of nitrogens with one attached hydrogen (secondary N) is 1. The number of carbonyl (C=O) groups excluding carboxylic acids is 1. The Bertz CT molecular complexity index is 113. The number of rotatable bonds is 7.